The van der Waals surface area contributed by atoms with Gasteiger partial charge in [0.05, 0.1) is 15.8 Å². The van der Waals surface area contributed by atoms with Crippen LogP contribution >= 0.6 is 11.3 Å². The van der Waals surface area contributed by atoms with Crippen molar-refractivity contribution in [2.24, 2.45) is 11.7 Å². The smallest absolute Gasteiger partial charge is 0.147 e. The summed E-state index contributed by atoms with van der Waals surface area (Å²) in [5.41, 5.74) is 7.97. The lowest BCUT2D eigenvalue weighted by Gasteiger charge is -2.34. The van der Waals surface area contributed by atoms with Gasteiger partial charge in [-0.05, 0) is 30.7 Å². The van der Waals surface area contributed by atoms with Crippen LogP contribution in [0.1, 0.15) is 26.3 Å². The highest BCUT2D eigenvalue weighted by Crippen LogP contribution is 2.31. The number of hydrogen-bond donors (Lipinski definition) is 2. The predicted molar refractivity (Wildman–Crippen MR) is 78.1 cm³/mol. The molecule has 2 aromatic rings. The van der Waals surface area contributed by atoms with E-state index in [1.807, 2.05) is 0 Å². The average Bonchev–Trinajstić information content (AvgIpc) is 2.72. The van der Waals surface area contributed by atoms with Gasteiger partial charge in [0.25, 0.3) is 0 Å². The van der Waals surface area contributed by atoms with Gasteiger partial charge in [-0.3, -0.25) is 0 Å². The topological polar surface area (TPSA) is 63.8 Å². The molecule has 0 fully saturated rings. The van der Waals surface area contributed by atoms with E-state index in [-0.39, 0.29) is 5.54 Å². The minimum Gasteiger partial charge on any atom is -0.362 e. The van der Waals surface area contributed by atoms with Crippen LogP contribution in [0.4, 0.5) is 5.82 Å². The first-order valence-corrected chi connectivity index (χ1v) is 7.03. The number of nitrogens with zero attached hydrogens (tertiary/aromatic N) is 2. The molecule has 2 rings (SSSR count). The first kappa shape index (κ1) is 13.2. The summed E-state index contributed by atoms with van der Waals surface area (Å²) in [6.45, 7) is 9.10. The van der Waals surface area contributed by atoms with Gasteiger partial charge in [0.15, 0.2) is 0 Å². The molecule has 0 saturated carbocycles. The van der Waals surface area contributed by atoms with Crippen molar-refractivity contribution in [3.8, 4) is 0 Å². The molecule has 0 amide bonds. The second kappa shape index (κ2) is 4.82. The van der Waals surface area contributed by atoms with Crippen LogP contribution < -0.4 is 11.1 Å². The fraction of sp³-hybridized carbons (Fsp3) is 0.538. The Kier molecular flexibility index (Phi) is 3.54. The fourth-order valence-corrected chi connectivity index (χ4v) is 2.71. The second-order valence-electron chi connectivity index (χ2n) is 5.22. The molecule has 18 heavy (non-hydrogen) atoms. The van der Waals surface area contributed by atoms with Crippen LogP contribution in [0.2, 0.25) is 0 Å². The SMILES string of the molecule is Cc1csc2c(NC(C)(CN)C(C)C)ncnc12. The number of hydrogen-bond acceptors (Lipinski definition) is 5. The van der Waals surface area contributed by atoms with Crippen LogP contribution in [0.3, 0.4) is 0 Å². The normalized spacial score (nSPS) is 15.0. The van der Waals surface area contributed by atoms with Crippen molar-refractivity contribution in [1.29, 1.82) is 0 Å². The first-order chi connectivity index (χ1) is 8.48. The van der Waals surface area contributed by atoms with Gasteiger partial charge >= 0.3 is 0 Å². The Balaban J connectivity index is 2.43. The zero-order valence-electron chi connectivity index (χ0n) is 11.3. The summed E-state index contributed by atoms with van der Waals surface area (Å²) in [4.78, 5) is 8.70. The van der Waals surface area contributed by atoms with Crippen LogP contribution in [0.25, 0.3) is 10.2 Å². The molecule has 0 spiro atoms. The zero-order valence-corrected chi connectivity index (χ0v) is 12.1. The Bertz CT molecular complexity index is 549. The van der Waals surface area contributed by atoms with Crippen molar-refractivity contribution in [3.05, 3.63) is 17.3 Å². The lowest BCUT2D eigenvalue weighted by Crippen LogP contribution is -2.47. The van der Waals surface area contributed by atoms with E-state index in [1.54, 1.807) is 17.7 Å². The molecule has 3 N–H and O–H groups in total. The van der Waals surface area contributed by atoms with Gasteiger partial charge in [-0.15, -0.1) is 11.3 Å². The summed E-state index contributed by atoms with van der Waals surface area (Å²) in [5.74, 6) is 1.31. The van der Waals surface area contributed by atoms with Gasteiger partial charge in [0, 0.05) is 6.54 Å². The third kappa shape index (κ3) is 2.20. The first-order valence-electron chi connectivity index (χ1n) is 6.15. The number of thiophene rings is 1. The number of fused-ring (bicyclic) bond motifs is 1. The minimum atomic E-state index is -0.154. The Morgan fingerprint density at radius 1 is 1.44 bits per heavy atom. The van der Waals surface area contributed by atoms with E-state index >= 15 is 0 Å². The van der Waals surface area contributed by atoms with Gasteiger partial charge in [0.1, 0.15) is 12.1 Å². The van der Waals surface area contributed by atoms with Crippen LogP contribution in [0.5, 0.6) is 0 Å². The molecule has 0 aliphatic heterocycles. The Labute approximate surface area is 112 Å². The fourth-order valence-electron chi connectivity index (χ4n) is 1.76. The number of aryl methyl sites for hydroxylation is 1. The maximum atomic E-state index is 5.90. The van der Waals surface area contributed by atoms with E-state index in [2.05, 4.69) is 48.4 Å². The van der Waals surface area contributed by atoms with E-state index in [4.69, 9.17) is 5.73 Å². The average molecular weight is 264 g/mol. The second-order valence-corrected chi connectivity index (χ2v) is 6.10. The van der Waals surface area contributed by atoms with E-state index in [1.165, 1.54) is 5.56 Å². The maximum absolute atomic E-state index is 5.90. The van der Waals surface area contributed by atoms with Crippen molar-refractivity contribution in [2.45, 2.75) is 33.2 Å². The predicted octanol–water partition coefficient (Wildman–Crippen LogP) is 2.79. The molecule has 2 aromatic heterocycles. The monoisotopic (exact) mass is 264 g/mol. The Morgan fingerprint density at radius 3 is 2.78 bits per heavy atom. The zero-order chi connectivity index (χ0) is 13.3. The minimum absolute atomic E-state index is 0.154. The molecule has 0 aliphatic carbocycles. The van der Waals surface area contributed by atoms with Gasteiger partial charge in [-0.25, -0.2) is 9.97 Å². The van der Waals surface area contributed by atoms with Crippen LogP contribution in [-0.2, 0) is 0 Å². The molecule has 1 atom stereocenters. The van der Waals surface area contributed by atoms with Gasteiger partial charge in [-0.2, -0.15) is 0 Å². The molecule has 0 aromatic carbocycles. The van der Waals surface area contributed by atoms with E-state index < -0.39 is 0 Å². The van der Waals surface area contributed by atoms with Crippen molar-refractivity contribution < 1.29 is 0 Å². The quantitative estimate of drug-likeness (QED) is 0.891. The molecule has 0 radical (unpaired) electrons. The Morgan fingerprint density at radius 2 is 2.17 bits per heavy atom. The number of nitrogens with two attached hydrogens (primary N) is 1. The standard InChI is InChI=1S/C13H20N4S/c1-8(2)13(4,6-14)17-12-11-10(15-7-16-12)9(3)5-18-11/h5,7-8H,6,14H2,1-4H3,(H,15,16,17). The molecular formula is C13H20N4S. The Hall–Kier alpha value is -1.20. The third-order valence-electron chi connectivity index (χ3n) is 3.63. The summed E-state index contributed by atoms with van der Waals surface area (Å²) in [5, 5.41) is 5.61. The third-order valence-corrected chi connectivity index (χ3v) is 4.73. The van der Waals surface area contributed by atoms with Crippen molar-refractivity contribution in [2.75, 3.05) is 11.9 Å². The molecule has 0 bridgehead atoms. The van der Waals surface area contributed by atoms with Crippen molar-refractivity contribution in [3.63, 3.8) is 0 Å². The van der Waals surface area contributed by atoms with Crippen LogP contribution in [0, 0.1) is 12.8 Å². The summed E-state index contributed by atoms with van der Waals surface area (Å²) < 4.78 is 1.11. The summed E-state index contributed by atoms with van der Waals surface area (Å²) >= 11 is 1.68. The molecule has 5 heteroatoms. The molecule has 1 unspecified atom stereocenters. The molecular weight excluding hydrogens is 244 g/mol. The summed E-state index contributed by atoms with van der Waals surface area (Å²) in [7, 11) is 0. The molecule has 98 valence electrons. The van der Waals surface area contributed by atoms with E-state index in [9.17, 15) is 0 Å². The van der Waals surface area contributed by atoms with Crippen LogP contribution in [0.15, 0.2) is 11.7 Å². The lowest BCUT2D eigenvalue weighted by molar-refractivity contribution is 0.382. The molecule has 2 heterocycles. The van der Waals surface area contributed by atoms with Gasteiger partial charge in [0.2, 0.25) is 0 Å². The maximum Gasteiger partial charge on any atom is 0.147 e. The summed E-state index contributed by atoms with van der Waals surface area (Å²) in [6.07, 6.45) is 1.61. The highest BCUT2D eigenvalue weighted by atomic mass is 32.1. The molecule has 0 saturated heterocycles. The van der Waals surface area contributed by atoms with Gasteiger partial charge < -0.3 is 11.1 Å². The van der Waals surface area contributed by atoms with E-state index in [0.29, 0.717) is 12.5 Å². The number of rotatable bonds is 4. The van der Waals surface area contributed by atoms with Crippen molar-refractivity contribution >= 4 is 27.4 Å². The number of anilines is 1. The number of nitrogens with one attached hydrogen (secondary N) is 1. The molecule has 4 nitrogen and oxygen atoms in total. The highest BCUT2D eigenvalue weighted by Gasteiger charge is 2.27. The van der Waals surface area contributed by atoms with Gasteiger partial charge in [-0.1, -0.05) is 13.8 Å². The van der Waals surface area contributed by atoms with Crippen LogP contribution in [-0.4, -0.2) is 22.1 Å². The van der Waals surface area contributed by atoms with E-state index in [0.717, 1.165) is 16.0 Å². The molecule has 0 aliphatic rings. The number of aromatic nitrogens is 2. The lowest BCUT2D eigenvalue weighted by atomic mass is 9.88. The largest absolute Gasteiger partial charge is 0.362 e. The highest BCUT2D eigenvalue weighted by molar-refractivity contribution is 7.18. The summed E-state index contributed by atoms with van der Waals surface area (Å²) in [6, 6.07) is 0. The van der Waals surface area contributed by atoms with Crippen molar-refractivity contribution in [1.82, 2.24) is 9.97 Å².